The predicted octanol–water partition coefficient (Wildman–Crippen LogP) is 2.86. The molecule has 2 aromatic rings. The molecule has 4 heteroatoms. The van der Waals surface area contributed by atoms with Crippen molar-refractivity contribution in [2.75, 3.05) is 13.1 Å². The van der Waals surface area contributed by atoms with Crippen LogP contribution in [-0.4, -0.2) is 28.0 Å². The Morgan fingerprint density at radius 1 is 1.35 bits per heavy atom. The third-order valence-corrected chi connectivity index (χ3v) is 3.55. The van der Waals surface area contributed by atoms with E-state index >= 15 is 0 Å². The topological polar surface area (TPSA) is 31.9 Å². The molecule has 1 fully saturated rings. The minimum absolute atomic E-state index is 0.221. The molecule has 1 N–H and O–H groups in total. The van der Waals surface area contributed by atoms with Crippen molar-refractivity contribution in [3.05, 3.63) is 29.8 Å². The van der Waals surface area contributed by atoms with Gasteiger partial charge in [-0.2, -0.15) is 0 Å². The Morgan fingerprint density at radius 2 is 2.12 bits per heavy atom. The second-order valence-electron chi connectivity index (χ2n) is 4.70. The number of nitrogens with zero attached hydrogens (tertiary/aromatic N) is 2. The molecule has 0 spiro atoms. The van der Waals surface area contributed by atoms with Gasteiger partial charge in [-0.15, -0.1) is 0 Å². The molecule has 0 amide bonds. The van der Waals surface area contributed by atoms with Gasteiger partial charge in [-0.1, -0.05) is 0 Å². The van der Waals surface area contributed by atoms with Crippen LogP contribution < -0.4 is 0 Å². The Bertz CT molecular complexity index is 528. The highest BCUT2D eigenvalue weighted by Gasteiger charge is 2.21. The van der Waals surface area contributed by atoms with Crippen LogP contribution in [0.3, 0.4) is 0 Å². The van der Waals surface area contributed by atoms with Crippen molar-refractivity contribution in [1.29, 1.82) is 0 Å². The molecule has 17 heavy (non-hydrogen) atoms. The van der Waals surface area contributed by atoms with Gasteiger partial charge in [0, 0.05) is 0 Å². The maximum absolute atomic E-state index is 13.1. The first-order chi connectivity index (χ1) is 8.24. The van der Waals surface area contributed by atoms with Gasteiger partial charge in [-0.05, 0) is 51.1 Å². The Kier molecular flexibility index (Phi) is 2.59. The average molecular weight is 233 g/mol. The molecule has 3 rings (SSSR count). The van der Waals surface area contributed by atoms with Gasteiger partial charge in [0.15, 0.2) is 0 Å². The van der Waals surface area contributed by atoms with Gasteiger partial charge in [0.05, 0.1) is 17.1 Å². The smallest absolute Gasteiger partial charge is 0.125 e. The first-order valence-electron chi connectivity index (χ1n) is 6.13. The number of benzene rings is 1. The molecule has 1 aliphatic heterocycles. The summed E-state index contributed by atoms with van der Waals surface area (Å²) >= 11 is 0. The van der Waals surface area contributed by atoms with Gasteiger partial charge >= 0.3 is 0 Å². The molecule has 1 unspecified atom stereocenters. The summed E-state index contributed by atoms with van der Waals surface area (Å²) in [4.78, 5) is 10.2. The Balaban J connectivity index is 1.94. The van der Waals surface area contributed by atoms with Gasteiger partial charge in [-0.3, -0.25) is 4.90 Å². The van der Waals surface area contributed by atoms with Crippen LogP contribution in [0.15, 0.2) is 18.2 Å². The zero-order valence-electron chi connectivity index (χ0n) is 9.91. The van der Waals surface area contributed by atoms with Gasteiger partial charge < -0.3 is 4.98 Å². The average Bonchev–Trinajstić information content (AvgIpc) is 2.96. The maximum Gasteiger partial charge on any atom is 0.125 e. The van der Waals surface area contributed by atoms with Crippen LogP contribution in [0.25, 0.3) is 11.0 Å². The van der Waals surface area contributed by atoms with E-state index in [4.69, 9.17) is 0 Å². The first kappa shape index (κ1) is 10.7. The van der Waals surface area contributed by atoms with E-state index in [0.717, 1.165) is 29.9 Å². The standard InChI is InChI=1S/C13H16FN3/c1-9(17-6-2-3-7-17)13-15-11-5-4-10(14)8-12(11)16-13/h4-5,8-9H,2-3,6-7H2,1H3,(H,15,16). The van der Waals surface area contributed by atoms with E-state index in [1.807, 2.05) is 0 Å². The number of H-pyrrole nitrogens is 1. The summed E-state index contributed by atoms with van der Waals surface area (Å²) in [6.45, 7) is 4.42. The molecule has 90 valence electrons. The molecule has 1 saturated heterocycles. The van der Waals surface area contributed by atoms with Crippen LogP contribution in [0.5, 0.6) is 0 Å². The van der Waals surface area contributed by atoms with Crippen molar-refractivity contribution in [3.63, 3.8) is 0 Å². The number of hydrogen-bond donors (Lipinski definition) is 1. The molecule has 1 aromatic heterocycles. The number of halogens is 1. The lowest BCUT2D eigenvalue weighted by Gasteiger charge is -2.21. The SMILES string of the molecule is CC(c1nc2ccc(F)cc2[nH]1)N1CCCC1. The normalized spacial score (nSPS) is 18.9. The Labute approximate surface area is 99.7 Å². The van der Waals surface area contributed by atoms with Crippen molar-refractivity contribution in [2.24, 2.45) is 0 Å². The molecule has 0 aliphatic carbocycles. The van der Waals surface area contributed by atoms with Gasteiger partial charge in [0.1, 0.15) is 11.6 Å². The molecular weight excluding hydrogens is 217 g/mol. The van der Waals surface area contributed by atoms with E-state index in [9.17, 15) is 4.39 Å². The highest BCUT2D eigenvalue weighted by atomic mass is 19.1. The van der Waals surface area contributed by atoms with Gasteiger partial charge in [0.2, 0.25) is 0 Å². The van der Waals surface area contributed by atoms with E-state index in [1.165, 1.54) is 25.0 Å². The van der Waals surface area contributed by atoms with Crippen molar-refractivity contribution in [3.8, 4) is 0 Å². The molecular formula is C13H16FN3. The lowest BCUT2D eigenvalue weighted by Crippen LogP contribution is -2.24. The van der Waals surface area contributed by atoms with Gasteiger partial charge in [-0.25, -0.2) is 9.37 Å². The van der Waals surface area contributed by atoms with Crippen LogP contribution in [0.1, 0.15) is 31.6 Å². The number of fused-ring (bicyclic) bond motifs is 1. The number of aromatic nitrogens is 2. The quantitative estimate of drug-likeness (QED) is 0.865. The molecule has 0 saturated carbocycles. The summed E-state index contributed by atoms with van der Waals surface area (Å²) in [7, 11) is 0. The minimum Gasteiger partial charge on any atom is -0.341 e. The number of hydrogen-bond acceptors (Lipinski definition) is 2. The molecule has 1 aromatic carbocycles. The fourth-order valence-corrected chi connectivity index (χ4v) is 2.50. The Hall–Kier alpha value is -1.42. The fourth-order valence-electron chi connectivity index (χ4n) is 2.50. The number of aromatic amines is 1. The zero-order valence-corrected chi connectivity index (χ0v) is 9.91. The van der Waals surface area contributed by atoms with E-state index in [-0.39, 0.29) is 11.9 Å². The zero-order chi connectivity index (χ0) is 11.8. The summed E-state index contributed by atoms with van der Waals surface area (Å²) in [6.07, 6.45) is 2.53. The van der Waals surface area contributed by atoms with E-state index in [2.05, 4.69) is 21.8 Å². The van der Waals surface area contributed by atoms with E-state index in [0.29, 0.717) is 0 Å². The third-order valence-electron chi connectivity index (χ3n) is 3.55. The number of likely N-dealkylation sites (tertiary alicyclic amines) is 1. The van der Waals surface area contributed by atoms with Crippen molar-refractivity contribution in [2.45, 2.75) is 25.8 Å². The monoisotopic (exact) mass is 233 g/mol. The van der Waals surface area contributed by atoms with E-state index in [1.54, 1.807) is 6.07 Å². The summed E-state index contributed by atoms with van der Waals surface area (Å²) in [6, 6.07) is 4.96. The summed E-state index contributed by atoms with van der Waals surface area (Å²) in [5.41, 5.74) is 1.62. The second kappa shape index (κ2) is 4.11. The molecule has 1 aliphatic rings. The van der Waals surface area contributed by atoms with Crippen LogP contribution in [-0.2, 0) is 0 Å². The lowest BCUT2D eigenvalue weighted by atomic mass is 10.3. The lowest BCUT2D eigenvalue weighted by molar-refractivity contribution is 0.255. The first-order valence-corrected chi connectivity index (χ1v) is 6.13. The number of imidazole rings is 1. The van der Waals surface area contributed by atoms with Gasteiger partial charge in [0.25, 0.3) is 0 Å². The van der Waals surface area contributed by atoms with Crippen molar-refractivity contribution < 1.29 is 4.39 Å². The largest absolute Gasteiger partial charge is 0.341 e. The van der Waals surface area contributed by atoms with Crippen LogP contribution in [0.2, 0.25) is 0 Å². The third kappa shape index (κ3) is 1.93. The molecule has 3 nitrogen and oxygen atoms in total. The molecule has 1 atom stereocenters. The summed E-state index contributed by atoms with van der Waals surface area (Å²) < 4.78 is 13.1. The molecule has 0 radical (unpaired) electrons. The van der Waals surface area contributed by atoms with Crippen LogP contribution in [0, 0.1) is 5.82 Å². The summed E-state index contributed by atoms with van der Waals surface area (Å²) in [5, 5.41) is 0. The number of nitrogens with one attached hydrogen (secondary N) is 1. The summed E-state index contributed by atoms with van der Waals surface area (Å²) in [5.74, 6) is 0.717. The van der Waals surface area contributed by atoms with Crippen LogP contribution in [0.4, 0.5) is 4.39 Å². The van der Waals surface area contributed by atoms with Crippen molar-refractivity contribution >= 4 is 11.0 Å². The highest BCUT2D eigenvalue weighted by molar-refractivity contribution is 5.75. The predicted molar refractivity (Wildman–Crippen MR) is 65.3 cm³/mol. The van der Waals surface area contributed by atoms with Crippen molar-refractivity contribution in [1.82, 2.24) is 14.9 Å². The maximum atomic E-state index is 13.1. The molecule has 0 bridgehead atoms. The van der Waals surface area contributed by atoms with Crippen LogP contribution >= 0.6 is 0 Å². The number of rotatable bonds is 2. The van der Waals surface area contributed by atoms with E-state index < -0.39 is 0 Å². The Morgan fingerprint density at radius 3 is 2.88 bits per heavy atom. The highest BCUT2D eigenvalue weighted by Crippen LogP contribution is 2.24. The minimum atomic E-state index is -0.221. The molecule has 2 heterocycles. The fraction of sp³-hybridized carbons (Fsp3) is 0.462. The second-order valence-corrected chi connectivity index (χ2v) is 4.70.